The fraction of sp³-hybridized carbons (Fsp3) is 0.625. The Kier molecular flexibility index (Phi) is 5.12. The zero-order valence-electron chi connectivity index (χ0n) is 12.5. The predicted molar refractivity (Wildman–Crippen MR) is 80.2 cm³/mol. The van der Waals surface area contributed by atoms with E-state index in [1.807, 2.05) is 24.0 Å². The number of aromatic nitrogens is 1. The van der Waals surface area contributed by atoms with Gasteiger partial charge in [0, 0.05) is 37.9 Å². The number of hydrogen-bond acceptors (Lipinski definition) is 3. The fourth-order valence-electron chi connectivity index (χ4n) is 2.87. The second-order valence-electron chi connectivity index (χ2n) is 5.99. The minimum atomic E-state index is 0.170. The lowest BCUT2D eigenvalue weighted by Gasteiger charge is -2.35. The van der Waals surface area contributed by atoms with Crippen molar-refractivity contribution in [1.82, 2.24) is 9.88 Å². The van der Waals surface area contributed by atoms with Crippen LogP contribution in [0.1, 0.15) is 44.6 Å². The van der Waals surface area contributed by atoms with Crippen molar-refractivity contribution in [3.63, 3.8) is 0 Å². The molecule has 3 atom stereocenters. The molecule has 2 rings (SSSR count). The second-order valence-corrected chi connectivity index (χ2v) is 5.99. The number of rotatable bonds is 4. The molecule has 0 radical (unpaired) electrons. The van der Waals surface area contributed by atoms with Gasteiger partial charge in [-0.3, -0.25) is 9.78 Å². The molecule has 0 unspecified atom stereocenters. The number of piperidine rings is 1. The fourth-order valence-corrected chi connectivity index (χ4v) is 2.87. The summed E-state index contributed by atoms with van der Waals surface area (Å²) in [6.07, 6.45) is 6.34. The Hall–Kier alpha value is -1.42. The molecule has 1 aliphatic heterocycles. The smallest absolute Gasteiger partial charge is 0.223 e. The molecule has 1 saturated heterocycles. The van der Waals surface area contributed by atoms with Gasteiger partial charge in [0.15, 0.2) is 0 Å². The van der Waals surface area contributed by atoms with Crippen LogP contribution < -0.4 is 5.73 Å². The normalized spacial score (nSPS) is 22.4. The van der Waals surface area contributed by atoms with Gasteiger partial charge in [-0.1, -0.05) is 6.92 Å². The lowest BCUT2D eigenvalue weighted by Crippen LogP contribution is -2.45. The maximum absolute atomic E-state index is 12.4. The van der Waals surface area contributed by atoms with E-state index in [0.29, 0.717) is 12.3 Å². The van der Waals surface area contributed by atoms with E-state index in [-0.39, 0.29) is 17.9 Å². The summed E-state index contributed by atoms with van der Waals surface area (Å²) in [6, 6.07) is 4.14. The molecule has 1 aromatic heterocycles. The number of carbonyl (C=O) groups excluding carboxylic acids is 1. The summed E-state index contributed by atoms with van der Waals surface area (Å²) in [5, 5.41) is 0. The van der Waals surface area contributed by atoms with Gasteiger partial charge in [0.1, 0.15) is 0 Å². The molecule has 1 aliphatic rings. The van der Waals surface area contributed by atoms with Crippen molar-refractivity contribution in [2.24, 2.45) is 11.7 Å². The van der Waals surface area contributed by atoms with E-state index in [4.69, 9.17) is 5.73 Å². The molecule has 1 aromatic rings. The van der Waals surface area contributed by atoms with Crippen molar-refractivity contribution in [2.45, 2.75) is 45.1 Å². The first-order chi connectivity index (χ1) is 9.58. The topological polar surface area (TPSA) is 59.2 Å². The van der Waals surface area contributed by atoms with E-state index in [1.54, 1.807) is 12.4 Å². The third kappa shape index (κ3) is 3.79. The van der Waals surface area contributed by atoms with Crippen molar-refractivity contribution in [3.05, 3.63) is 30.1 Å². The third-order valence-electron chi connectivity index (χ3n) is 4.31. The third-order valence-corrected chi connectivity index (χ3v) is 4.31. The number of pyridine rings is 1. The Morgan fingerprint density at radius 2 is 2.15 bits per heavy atom. The molecule has 0 aromatic carbocycles. The number of nitrogens with zero attached hydrogens (tertiary/aromatic N) is 2. The SMILES string of the molecule is C[C@H](CC(=O)N1CCC[C@@H]([C@H](C)N)C1)c1ccncc1. The molecule has 20 heavy (non-hydrogen) atoms. The van der Waals surface area contributed by atoms with E-state index in [9.17, 15) is 4.79 Å². The van der Waals surface area contributed by atoms with Crippen LogP contribution in [0.15, 0.2) is 24.5 Å². The highest BCUT2D eigenvalue weighted by molar-refractivity contribution is 5.77. The molecule has 0 saturated carbocycles. The van der Waals surface area contributed by atoms with Gasteiger partial charge in [0.05, 0.1) is 0 Å². The lowest BCUT2D eigenvalue weighted by molar-refractivity contribution is -0.133. The van der Waals surface area contributed by atoms with Gasteiger partial charge in [-0.25, -0.2) is 0 Å². The van der Waals surface area contributed by atoms with Gasteiger partial charge < -0.3 is 10.6 Å². The summed E-state index contributed by atoms with van der Waals surface area (Å²) in [6.45, 7) is 5.84. The van der Waals surface area contributed by atoms with Crippen molar-refractivity contribution in [1.29, 1.82) is 0 Å². The van der Waals surface area contributed by atoms with Crippen molar-refractivity contribution in [2.75, 3.05) is 13.1 Å². The Balaban J connectivity index is 1.91. The highest BCUT2D eigenvalue weighted by Crippen LogP contribution is 2.23. The average molecular weight is 275 g/mol. The molecule has 2 heterocycles. The molecule has 1 fully saturated rings. The number of carbonyl (C=O) groups is 1. The first-order valence-corrected chi connectivity index (χ1v) is 7.51. The van der Waals surface area contributed by atoms with Crippen LogP contribution >= 0.6 is 0 Å². The summed E-state index contributed by atoms with van der Waals surface area (Å²) in [4.78, 5) is 18.4. The first-order valence-electron chi connectivity index (χ1n) is 7.51. The number of amides is 1. The minimum Gasteiger partial charge on any atom is -0.342 e. The summed E-state index contributed by atoms with van der Waals surface area (Å²) in [5.74, 6) is 0.935. The van der Waals surface area contributed by atoms with E-state index < -0.39 is 0 Å². The summed E-state index contributed by atoms with van der Waals surface area (Å²) >= 11 is 0. The summed E-state index contributed by atoms with van der Waals surface area (Å²) in [7, 11) is 0. The standard InChI is InChI=1S/C16H25N3O/c1-12(14-5-7-18-8-6-14)10-16(20)19-9-3-4-15(11-19)13(2)17/h5-8,12-13,15H,3-4,9-11,17H2,1-2H3/t12-,13+,15-/m1/s1. The number of likely N-dealkylation sites (tertiary alicyclic amines) is 1. The molecule has 0 bridgehead atoms. The van der Waals surface area contributed by atoms with Gasteiger partial charge in [-0.05, 0) is 49.3 Å². The predicted octanol–water partition coefficient (Wildman–Crippen LogP) is 2.16. The molecule has 4 heteroatoms. The van der Waals surface area contributed by atoms with Gasteiger partial charge in [-0.2, -0.15) is 0 Å². The molecular weight excluding hydrogens is 250 g/mol. The Bertz CT molecular complexity index is 433. The summed E-state index contributed by atoms with van der Waals surface area (Å²) in [5.41, 5.74) is 7.15. The molecule has 0 spiro atoms. The maximum Gasteiger partial charge on any atom is 0.223 e. The highest BCUT2D eigenvalue weighted by Gasteiger charge is 2.26. The quantitative estimate of drug-likeness (QED) is 0.916. The Labute approximate surface area is 121 Å². The monoisotopic (exact) mass is 275 g/mol. The Morgan fingerprint density at radius 3 is 2.80 bits per heavy atom. The van der Waals surface area contributed by atoms with Crippen LogP contribution in [-0.4, -0.2) is 34.9 Å². The number of nitrogens with two attached hydrogens (primary N) is 1. The van der Waals surface area contributed by atoms with Crippen LogP contribution in [0.3, 0.4) is 0 Å². The van der Waals surface area contributed by atoms with Crippen molar-refractivity contribution >= 4 is 5.91 Å². The van der Waals surface area contributed by atoms with Crippen LogP contribution in [0.4, 0.5) is 0 Å². The highest BCUT2D eigenvalue weighted by atomic mass is 16.2. The van der Waals surface area contributed by atoms with Gasteiger partial charge in [0.25, 0.3) is 0 Å². The van der Waals surface area contributed by atoms with Crippen LogP contribution in [0.2, 0.25) is 0 Å². The lowest BCUT2D eigenvalue weighted by atomic mass is 9.91. The van der Waals surface area contributed by atoms with E-state index in [2.05, 4.69) is 11.9 Å². The zero-order chi connectivity index (χ0) is 14.5. The van der Waals surface area contributed by atoms with Crippen molar-refractivity contribution in [3.8, 4) is 0 Å². The first kappa shape index (κ1) is 15.0. The molecule has 110 valence electrons. The van der Waals surface area contributed by atoms with E-state index in [0.717, 1.165) is 25.9 Å². The van der Waals surface area contributed by atoms with Gasteiger partial charge in [0.2, 0.25) is 5.91 Å². The van der Waals surface area contributed by atoms with Crippen molar-refractivity contribution < 1.29 is 4.79 Å². The largest absolute Gasteiger partial charge is 0.342 e. The van der Waals surface area contributed by atoms with Crippen LogP contribution in [0.25, 0.3) is 0 Å². The van der Waals surface area contributed by atoms with Gasteiger partial charge in [-0.15, -0.1) is 0 Å². The second kappa shape index (κ2) is 6.84. The van der Waals surface area contributed by atoms with E-state index >= 15 is 0 Å². The van der Waals surface area contributed by atoms with Crippen LogP contribution in [0, 0.1) is 5.92 Å². The zero-order valence-corrected chi connectivity index (χ0v) is 12.5. The van der Waals surface area contributed by atoms with E-state index in [1.165, 1.54) is 5.56 Å². The molecule has 2 N–H and O–H groups in total. The molecule has 1 amide bonds. The minimum absolute atomic E-state index is 0.170. The molecule has 4 nitrogen and oxygen atoms in total. The summed E-state index contributed by atoms with van der Waals surface area (Å²) < 4.78 is 0. The van der Waals surface area contributed by atoms with Crippen LogP contribution in [-0.2, 0) is 4.79 Å². The van der Waals surface area contributed by atoms with Gasteiger partial charge >= 0.3 is 0 Å². The maximum atomic E-state index is 12.4. The van der Waals surface area contributed by atoms with Crippen LogP contribution in [0.5, 0.6) is 0 Å². The molecular formula is C16H25N3O. The average Bonchev–Trinajstić information content (AvgIpc) is 2.48. The number of hydrogen-bond donors (Lipinski definition) is 1. The molecule has 0 aliphatic carbocycles. The Morgan fingerprint density at radius 1 is 1.45 bits per heavy atom.